The van der Waals surface area contributed by atoms with Gasteiger partial charge in [-0.05, 0) is 18.2 Å². The third-order valence-corrected chi connectivity index (χ3v) is 3.14. The summed E-state index contributed by atoms with van der Waals surface area (Å²) in [7, 11) is 0. The minimum atomic E-state index is -0.781. The molecule has 106 valence electrons. The van der Waals surface area contributed by atoms with Crippen LogP contribution >= 0.6 is 0 Å². The molecule has 0 aliphatic carbocycles. The van der Waals surface area contributed by atoms with Crippen molar-refractivity contribution in [2.24, 2.45) is 0 Å². The van der Waals surface area contributed by atoms with E-state index in [1.807, 2.05) is 0 Å². The van der Waals surface area contributed by atoms with Gasteiger partial charge < -0.3 is 5.73 Å². The smallest absolute Gasteiger partial charge is 0.153 e. The zero-order chi connectivity index (χ0) is 15.0. The summed E-state index contributed by atoms with van der Waals surface area (Å²) >= 11 is 0. The summed E-state index contributed by atoms with van der Waals surface area (Å²) in [5.74, 6) is -1.94. The van der Waals surface area contributed by atoms with E-state index in [1.54, 1.807) is 6.07 Å². The molecule has 2 aromatic carbocycles. The van der Waals surface area contributed by atoms with Crippen molar-refractivity contribution in [1.82, 2.24) is 10.2 Å². The number of nitrogens with two attached hydrogens (primary N) is 1. The van der Waals surface area contributed by atoms with Crippen molar-refractivity contribution < 1.29 is 13.2 Å². The van der Waals surface area contributed by atoms with Gasteiger partial charge in [0.1, 0.15) is 17.5 Å². The van der Waals surface area contributed by atoms with E-state index in [2.05, 4.69) is 10.2 Å². The summed E-state index contributed by atoms with van der Waals surface area (Å²) in [6, 6.07) is 9.07. The van der Waals surface area contributed by atoms with Crippen LogP contribution in [0.25, 0.3) is 22.4 Å². The van der Waals surface area contributed by atoms with Gasteiger partial charge in [0.25, 0.3) is 0 Å². The Kier molecular flexibility index (Phi) is 3.13. The molecular formula is C15H10F3N3. The molecule has 0 aliphatic heterocycles. The number of halogens is 3. The molecule has 21 heavy (non-hydrogen) atoms. The second-order valence-electron chi connectivity index (χ2n) is 4.46. The maximum Gasteiger partial charge on any atom is 0.153 e. The van der Waals surface area contributed by atoms with Crippen LogP contribution in [0.3, 0.4) is 0 Å². The Labute approximate surface area is 118 Å². The van der Waals surface area contributed by atoms with E-state index in [-0.39, 0.29) is 28.2 Å². The van der Waals surface area contributed by atoms with Crippen LogP contribution in [0.4, 0.5) is 19.0 Å². The van der Waals surface area contributed by atoms with Crippen molar-refractivity contribution in [3.8, 4) is 22.4 Å². The molecule has 0 bridgehead atoms. The monoisotopic (exact) mass is 289 g/mol. The van der Waals surface area contributed by atoms with Crippen molar-refractivity contribution in [2.75, 3.05) is 5.73 Å². The molecule has 3 nitrogen and oxygen atoms in total. The number of hydrogen-bond acceptors (Lipinski definition) is 2. The molecule has 0 amide bonds. The normalized spacial score (nSPS) is 10.8. The number of aromatic amines is 1. The van der Waals surface area contributed by atoms with Crippen LogP contribution in [0, 0.1) is 17.5 Å². The number of nitrogens with one attached hydrogen (secondary N) is 1. The number of hydrogen-bond donors (Lipinski definition) is 2. The van der Waals surface area contributed by atoms with Crippen LogP contribution in [0.1, 0.15) is 0 Å². The molecule has 1 aromatic heterocycles. The summed E-state index contributed by atoms with van der Waals surface area (Å²) < 4.78 is 40.9. The molecular weight excluding hydrogens is 279 g/mol. The van der Waals surface area contributed by atoms with E-state index < -0.39 is 17.5 Å². The van der Waals surface area contributed by atoms with E-state index in [0.29, 0.717) is 0 Å². The maximum atomic E-state index is 13.9. The fraction of sp³-hybridized carbons (Fsp3) is 0. The molecule has 3 aromatic rings. The Hall–Kier alpha value is -2.76. The zero-order valence-corrected chi connectivity index (χ0v) is 10.7. The second kappa shape index (κ2) is 4.97. The first-order valence-electron chi connectivity index (χ1n) is 6.12. The summed E-state index contributed by atoms with van der Waals surface area (Å²) in [6.45, 7) is 0. The summed E-state index contributed by atoms with van der Waals surface area (Å²) in [5.41, 5.74) is 6.47. The van der Waals surface area contributed by atoms with Crippen molar-refractivity contribution in [1.29, 1.82) is 0 Å². The molecule has 0 fully saturated rings. The average Bonchev–Trinajstić information content (AvgIpc) is 2.81. The van der Waals surface area contributed by atoms with Crippen LogP contribution < -0.4 is 5.73 Å². The van der Waals surface area contributed by atoms with Crippen LogP contribution in [0.2, 0.25) is 0 Å². The Balaban J connectivity index is 2.25. The highest BCUT2D eigenvalue weighted by Gasteiger charge is 2.20. The Morgan fingerprint density at radius 2 is 1.67 bits per heavy atom. The van der Waals surface area contributed by atoms with Gasteiger partial charge in [-0.1, -0.05) is 18.2 Å². The number of rotatable bonds is 2. The molecule has 0 aliphatic rings. The van der Waals surface area contributed by atoms with Crippen LogP contribution in [-0.4, -0.2) is 10.2 Å². The maximum absolute atomic E-state index is 13.9. The number of benzene rings is 2. The molecule has 0 saturated carbocycles. The van der Waals surface area contributed by atoms with Gasteiger partial charge in [0, 0.05) is 17.2 Å². The molecule has 3 N–H and O–H groups in total. The lowest BCUT2D eigenvalue weighted by atomic mass is 10.00. The molecule has 0 saturated heterocycles. The van der Waals surface area contributed by atoms with Crippen LogP contribution in [0.15, 0.2) is 42.5 Å². The number of H-pyrrole nitrogens is 1. The Morgan fingerprint density at radius 3 is 2.38 bits per heavy atom. The largest absolute Gasteiger partial charge is 0.382 e. The minimum Gasteiger partial charge on any atom is -0.382 e. The second-order valence-corrected chi connectivity index (χ2v) is 4.46. The van der Waals surface area contributed by atoms with Crippen molar-refractivity contribution in [3.63, 3.8) is 0 Å². The summed E-state index contributed by atoms with van der Waals surface area (Å²) in [5, 5.41) is 6.37. The number of nitrogen functional groups attached to an aromatic ring is 1. The van der Waals surface area contributed by atoms with Gasteiger partial charge >= 0.3 is 0 Å². The fourth-order valence-corrected chi connectivity index (χ4v) is 2.18. The fourth-order valence-electron chi connectivity index (χ4n) is 2.18. The first-order chi connectivity index (χ1) is 10.1. The van der Waals surface area contributed by atoms with Gasteiger partial charge in [-0.3, -0.25) is 5.10 Å². The lowest BCUT2D eigenvalue weighted by Crippen LogP contribution is -1.93. The third-order valence-electron chi connectivity index (χ3n) is 3.14. The van der Waals surface area contributed by atoms with E-state index in [4.69, 9.17) is 5.73 Å². The highest BCUT2D eigenvalue weighted by molar-refractivity contribution is 5.88. The number of anilines is 1. The zero-order valence-electron chi connectivity index (χ0n) is 10.7. The van der Waals surface area contributed by atoms with Gasteiger partial charge in [0.05, 0.1) is 11.3 Å². The van der Waals surface area contributed by atoms with Crippen LogP contribution in [-0.2, 0) is 0 Å². The lowest BCUT2D eigenvalue weighted by molar-refractivity contribution is 0.585. The van der Waals surface area contributed by atoms with Gasteiger partial charge in [-0.2, -0.15) is 5.10 Å². The quantitative estimate of drug-likeness (QED) is 0.755. The lowest BCUT2D eigenvalue weighted by Gasteiger charge is -2.07. The van der Waals surface area contributed by atoms with Gasteiger partial charge in [0.2, 0.25) is 0 Å². The summed E-state index contributed by atoms with van der Waals surface area (Å²) in [4.78, 5) is 0. The molecule has 0 atom stereocenters. The van der Waals surface area contributed by atoms with Crippen LogP contribution in [0.5, 0.6) is 0 Å². The molecule has 0 unspecified atom stereocenters. The van der Waals surface area contributed by atoms with Gasteiger partial charge in [-0.15, -0.1) is 0 Å². The van der Waals surface area contributed by atoms with E-state index in [0.717, 1.165) is 12.1 Å². The van der Waals surface area contributed by atoms with E-state index in [1.165, 1.54) is 24.3 Å². The van der Waals surface area contributed by atoms with Gasteiger partial charge in [-0.25, -0.2) is 13.2 Å². The summed E-state index contributed by atoms with van der Waals surface area (Å²) in [6.07, 6.45) is 0. The Morgan fingerprint density at radius 1 is 0.905 bits per heavy atom. The predicted molar refractivity (Wildman–Crippen MR) is 73.7 cm³/mol. The first-order valence-corrected chi connectivity index (χ1v) is 6.12. The van der Waals surface area contributed by atoms with E-state index >= 15 is 0 Å². The van der Waals surface area contributed by atoms with Crippen molar-refractivity contribution in [2.45, 2.75) is 0 Å². The molecule has 0 radical (unpaired) electrons. The minimum absolute atomic E-state index is 0.0406. The molecule has 0 spiro atoms. The SMILES string of the molecule is Nc1n[nH]c(-c2ccc(F)cc2F)c1-c1ccccc1F. The van der Waals surface area contributed by atoms with Crippen molar-refractivity contribution in [3.05, 3.63) is 59.9 Å². The average molecular weight is 289 g/mol. The number of nitrogens with zero attached hydrogens (tertiary/aromatic N) is 1. The number of aromatic nitrogens is 2. The Bertz CT molecular complexity index is 812. The predicted octanol–water partition coefficient (Wildman–Crippen LogP) is 3.74. The molecule has 6 heteroatoms. The molecule has 3 rings (SSSR count). The highest BCUT2D eigenvalue weighted by atomic mass is 19.1. The highest BCUT2D eigenvalue weighted by Crippen LogP contribution is 2.36. The standard InChI is InChI=1S/C15H10F3N3/c16-8-5-6-10(12(18)7-8)14-13(15(19)21-20-14)9-3-1-2-4-11(9)17/h1-7H,(H3,19,20,21). The van der Waals surface area contributed by atoms with Gasteiger partial charge in [0.15, 0.2) is 5.82 Å². The molecule has 1 heterocycles. The first kappa shape index (κ1) is 13.2. The topological polar surface area (TPSA) is 54.7 Å². The van der Waals surface area contributed by atoms with E-state index in [9.17, 15) is 13.2 Å². The van der Waals surface area contributed by atoms with Crippen molar-refractivity contribution >= 4 is 5.82 Å². The third kappa shape index (κ3) is 2.24.